The number of piperidine rings is 1. The minimum atomic E-state index is -3.70. The van der Waals surface area contributed by atoms with E-state index in [0.29, 0.717) is 37.2 Å². The van der Waals surface area contributed by atoms with Crippen LogP contribution in [-0.4, -0.2) is 49.6 Å². The molecule has 30 heavy (non-hydrogen) atoms. The summed E-state index contributed by atoms with van der Waals surface area (Å²) in [5, 5.41) is 8.93. The maximum Gasteiger partial charge on any atom is 0.245 e. The molecule has 0 saturated carbocycles. The number of likely N-dealkylation sites (tertiary alicyclic amines) is 1. The molecule has 2 saturated heterocycles. The second-order valence-electron chi connectivity index (χ2n) is 7.56. The summed E-state index contributed by atoms with van der Waals surface area (Å²) in [6, 6.07) is 15.7. The first kappa shape index (κ1) is 20.5. The number of rotatable bonds is 4. The summed E-state index contributed by atoms with van der Waals surface area (Å²) >= 11 is 0. The van der Waals surface area contributed by atoms with Crippen molar-refractivity contribution in [3.63, 3.8) is 0 Å². The molecular formula is C22H22N4O3S. The van der Waals surface area contributed by atoms with Crippen molar-refractivity contribution in [1.29, 1.82) is 5.26 Å². The van der Waals surface area contributed by atoms with Crippen LogP contribution in [0.4, 0.5) is 5.69 Å². The molecule has 2 aliphatic heterocycles. The fraction of sp³-hybridized carbons (Fsp3) is 0.364. The number of benzene rings is 2. The predicted octanol–water partition coefficient (Wildman–Crippen LogP) is 3.12. The van der Waals surface area contributed by atoms with Crippen molar-refractivity contribution >= 4 is 15.7 Å². The maximum absolute atomic E-state index is 13.3. The van der Waals surface area contributed by atoms with E-state index < -0.39 is 15.7 Å². The Morgan fingerprint density at radius 3 is 2.33 bits per heavy atom. The molecule has 0 radical (unpaired) electrons. The van der Waals surface area contributed by atoms with Crippen molar-refractivity contribution in [2.45, 2.75) is 30.0 Å². The van der Waals surface area contributed by atoms with Crippen LogP contribution in [0.1, 0.15) is 24.0 Å². The van der Waals surface area contributed by atoms with E-state index in [-0.39, 0.29) is 4.90 Å². The van der Waals surface area contributed by atoms with Crippen molar-refractivity contribution in [3.8, 4) is 6.07 Å². The standard InChI is InChI=1S/C22H22N4O3S/c1-24-20-6-8-21(9-7-20)30(27,28)26-14-15-29-22(26)10-12-25(13-11-22)17-19-4-2-18(16-23)3-5-19/h2-9H,10-15,17H2. The topological polar surface area (TPSA) is 78.0 Å². The van der Waals surface area contributed by atoms with E-state index in [2.05, 4.69) is 15.8 Å². The fourth-order valence-electron chi connectivity index (χ4n) is 4.15. The number of hydrogen-bond acceptors (Lipinski definition) is 5. The van der Waals surface area contributed by atoms with E-state index in [1.807, 2.05) is 24.3 Å². The third-order valence-corrected chi connectivity index (χ3v) is 7.76. The van der Waals surface area contributed by atoms with E-state index >= 15 is 0 Å². The van der Waals surface area contributed by atoms with E-state index in [4.69, 9.17) is 16.6 Å². The lowest BCUT2D eigenvalue weighted by atomic mass is 10.00. The van der Waals surface area contributed by atoms with Gasteiger partial charge in [0, 0.05) is 39.0 Å². The van der Waals surface area contributed by atoms with Crippen molar-refractivity contribution in [3.05, 3.63) is 71.1 Å². The summed E-state index contributed by atoms with van der Waals surface area (Å²) in [6.07, 6.45) is 1.20. The summed E-state index contributed by atoms with van der Waals surface area (Å²) in [7, 11) is -3.70. The Morgan fingerprint density at radius 2 is 1.73 bits per heavy atom. The van der Waals surface area contributed by atoms with E-state index in [0.717, 1.165) is 25.2 Å². The maximum atomic E-state index is 13.3. The van der Waals surface area contributed by atoms with Gasteiger partial charge in [0.1, 0.15) is 5.72 Å². The van der Waals surface area contributed by atoms with Crippen LogP contribution in [0, 0.1) is 17.9 Å². The van der Waals surface area contributed by atoms with Crippen molar-refractivity contribution < 1.29 is 13.2 Å². The highest BCUT2D eigenvalue weighted by Crippen LogP contribution is 2.38. The highest BCUT2D eigenvalue weighted by atomic mass is 32.2. The lowest BCUT2D eigenvalue weighted by molar-refractivity contribution is -0.0917. The predicted molar refractivity (Wildman–Crippen MR) is 111 cm³/mol. The fourth-order valence-corrected chi connectivity index (χ4v) is 5.87. The molecule has 0 unspecified atom stereocenters. The van der Waals surface area contributed by atoms with E-state index in [1.165, 1.54) is 28.6 Å². The van der Waals surface area contributed by atoms with Gasteiger partial charge in [-0.3, -0.25) is 4.90 Å². The molecule has 8 heteroatoms. The number of hydrogen-bond donors (Lipinski definition) is 0. The Bertz CT molecular complexity index is 1090. The average Bonchev–Trinajstić information content (AvgIpc) is 3.20. The lowest BCUT2D eigenvalue weighted by Gasteiger charge is -2.42. The molecule has 2 aliphatic rings. The second kappa shape index (κ2) is 8.17. The van der Waals surface area contributed by atoms with Crippen LogP contribution in [0.15, 0.2) is 53.4 Å². The first-order valence-electron chi connectivity index (χ1n) is 9.83. The van der Waals surface area contributed by atoms with Gasteiger partial charge < -0.3 is 4.74 Å². The molecular weight excluding hydrogens is 400 g/mol. The minimum Gasteiger partial charge on any atom is -0.358 e. The lowest BCUT2D eigenvalue weighted by Crippen LogP contribution is -2.54. The zero-order valence-corrected chi connectivity index (χ0v) is 17.3. The third-order valence-electron chi connectivity index (χ3n) is 5.80. The molecule has 154 valence electrons. The van der Waals surface area contributed by atoms with Crippen LogP contribution in [0.2, 0.25) is 0 Å². The summed E-state index contributed by atoms with van der Waals surface area (Å²) in [6.45, 7) is 9.96. The van der Waals surface area contributed by atoms with Crippen LogP contribution in [-0.2, 0) is 21.3 Å². The molecule has 2 aromatic carbocycles. The summed E-state index contributed by atoms with van der Waals surface area (Å²) in [4.78, 5) is 5.80. The van der Waals surface area contributed by atoms with Crippen LogP contribution in [0.3, 0.4) is 0 Å². The van der Waals surface area contributed by atoms with Gasteiger partial charge in [-0.15, -0.1) is 0 Å². The third kappa shape index (κ3) is 3.83. The molecule has 2 fully saturated rings. The zero-order valence-electron chi connectivity index (χ0n) is 16.5. The molecule has 7 nitrogen and oxygen atoms in total. The van der Waals surface area contributed by atoms with Crippen molar-refractivity contribution in [2.24, 2.45) is 0 Å². The molecule has 0 aliphatic carbocycles. The molecule has 0 bridgehead atoms. The Labute approximate surface area is 177 Å². The average molecular weight is 423 g/mol. The molecule has 0 amide bonds. The van der Waals surface area contributed by atoms with Gasteiger partial charge in [0.15, 0.2) is 5.69 Å². The van der Waals surface area contributed by atoms with Gasteiger partial charge >= 0.3 is 0 Å². The van der Waals surface area contributed by atoms with Gasteiger partial charge in [-0.25, -0.2) is 13.3 Å². The summed E-state index contributed by atoms with van der Waals surface area (Å²) < 4.78 is 34.1. The minimum absolute atomic E-state index is 0.194. The molecule has 2 aromatic rings. The van der Waals surface area contributed by atoms with Crippen LogP contribution < -0.4 is 0 Å². The van der Waals surface area contributed by atoms with E-state index in [1.54, 1.807) is 0 Å². The highest BCUT2D eigenvalue weighted by Gasteiger charge is 2.50. The van der Waals surface area contributed by atoms with Crippen LogP contribution in [0.5, 0.6) is 0 Å². The molecule has 2 heterocycles. The Balaban J connectivity index is 1.46. The summed E-state index contributed by atoms with van der Waals surface area (Å²) in [5.74, 6) is 0. The zero-order chi connectivity index (χ0) is 21.2. The Kier molecular flexibility index (Phi) is 5.59. The Hall–Kier alpha value is -2.75. The molecule has 4 rings (SSSR count). The largest absolute Gasteiger partial charge is 0.358 e. The van der Waals surface area contributed by atoms with E-state index in [9.17, 15) is 8.42 Å². The van der Waals surface area contributed by atoms with Crippen molar-refractivity contribution in [1.82, 2.24) is 9.21 Å². The van der Waals surface area contributed by atoms with Gasteiger partial charge in [-0.1, -0.05) is 36.4 Å². The first-order valence-corrected chi connectivity index (χ1v) is 11.3. The van der Waals surface area contributed by atoms with Gasteiger partial charge in [0.05, 0.1) is 29.7 Å². The highest BCUT2D eigenvalue weighted by molar-refractivity contribution is 7.89. The molecule has 0 atom stereocenters. The van der Waals surface area contributed by atoms with Crippen LogP contribution in [0.25, 0.3) is 4.85 Å². The number of nitriles is 1. The first-order chi connectivity index (χ1) is 14.5. The summed E-state index contributed by atoms with van der Waals surface area (Å²) in [5.41, 5.74) is 1.37. The SMILES string of the molecule is [C-]#[N+]c1ccc(S(=O)(=O)N2CCOC23CCN(Cc2ccc(C#N)cc2)CC3)cc1. The van der Waals surface area contributed by atoms with Gasteiger partial charge in [-0.2, -0.15) is 9.57 Å². The van der Waals surface area contributed by atoms with Gasteiger partial charge in [0.2, 0.25) is 10.0 Å². The quantitative estimate of drug-likeness (QED) is 0.708. The normalized spacial score (nSPS) is 19.4. The van der Waals surface area contributed by atoms with Gasteiger partial charge in [-0.05, 0) is 17.7 Å². The second-order valence-corrected chi connectivity index (χ2v) is 9.42. The van der Waals surface area contributed by atoms with Crippen LogP contribution >= 0.6 is 0 Å². The smallest absolute Gasteiger partial charge is 0.245 e. The van der Waals surface area contributed by atoms with Crippen molar-refractivity contribution in [2.75, 3.05) is 26.2 Å². The molecule has 1 spiro atoms. The Morgan fingerprint density at radius 1 is 1.07 bits per heavy atom. The monoisotopic (exact) mass is 422 g/mol. The molecule has 0 N–H and O–H groups in total. The number of ether oxygens (including phenoxy) is 1. The number of sulfonamides is 1. The van der Waals surface area contributed by atoms with Gasteiger partial charge in [0.25, 0.3) is 0 Å². The molecule has 0 aromatic heterocycles. The number of nitrogens with zero attached hydrogens (tertiary/aromatic N) is 4.